The van der Waals surface area contributed by atoms with Crippen molar-refractivity contribution in [3.05, 3.63) is 29.8 Å². The van der Waals surface area contributed by atoms with E-state index in [2.05, 4.69) is 10.6 Å². The van der Waals surface area contributed by atoms with Crippen molar-refractivity contribution in [2.75, 3.05) is 19.7 Å². The summed E-state index contributed by atoms with van der Waals surface area (Å²) in [4.78, 5) is 53.4. The van der Waals surface area contributed by atoms with Crippen LogP contribution < -0.4 is 10.6 Å². The molecule has 0 saturated carbocycles. The second-order valence-corrected chi connectivity index (χ2v) is 10.2. The maximum absolute atomic E-state index is 14.1. The van der Waals surface area contributed by atoms with Crippen LogP contribution in [-0.4, -0.2) is 65.2 Å². The van der Waals surface area contributed by atoms with E-state index >= 15 is 0 Å². The number of esters is 1. The summed E-state index contributed by atoms with van der Waals surface area (Å²) < 4.78 is 10.3. The average molecular weight is 536 g/mol. The van der Waals surface area contributed by atoms with E-state index in [4.69, 9.17) is 9.47 Å². The number of nitrogens with one attached hydrogen (secondary N) is 2. The van der Waals surface area contributed by atoms with Gasteiger partial charge in [-0.1, -0.05) is 51.8 Å². The lowest BCUT2D eigenvalue weighted by Crippen LogP contribution is -2.55. The molecule has 1 aromatic rings. The van der Waals surface area contributed by atoms with Gasteiger partial charge >= 0.3 is 12.1 Å². The van der Waals surface area contributed by atoms with Crippen LogP contribution in [0.15, 0.2) is 24.3 Å². The van der Waals surface area contributed by atoms with Gasteiger partial charge in [-0.2, -0.15) is 0 Å². The molecular formula is C28H45N3O7. The van der Waals surface area contributed by atoms with Gasteiger partial charge in [0.05, 0.1) is 13.0 Å². The number of carbonyl (C=O) groups excluding carboxylic acids is 4. The molecular weight excluding hydrogens is 490 g/mol. The lowest BCUT2D eigenvalue weighted by molar-refractivity contribution is -0.145. The zero-order valence-electron chi connectivity index (χ0n) is 23.8. The fourth-order valence-corrected chi connectivity index (χ4v) is 3.78. The first-order valence-corrected chi connectivity index (χ1v) is 13.4. The van der Waals surface area contributed by atoms with Gasteiger partial charge in [-0.3, -0.25) is 14.4 Å². The van der Waals surface area contributed by atoms with Gasteiger partial charge in [0, 0.05) is 18.7 Å². The average Bonchev–Trinajstić information content (AvgIpc) is 2.84. The normalized spacial score (nSPS) is 13.6. The number of benzene rings is 1. The van der Waals surface area contributed by atoms with Crippen molar-refractivity contribution >= 4 is 23.9 Å². The number of carbonyl (C=O) groups is 4. The molecule has 3 N–H and O–H groups in total. The molecule has 1 rings (SSSR count). The van der Waals surface area contributed by atoms with E-state index in [1.54, 1.807) is 45.9 Å². The zero-order chi connectivity index (χ0) is 28.9. The second kappa shape index (κ2) is 15.8. The molecule has 0 heterocycles. The van der Waals surface area contributed by atoms with Gasteiger partial charge in [0.25, 0.3) is 0 Å². The zero-order valence-corrected chi connectivity index (χ0v) is 23.8. The molecule has 3 unspecified atom stereocenters. The Labute approximate surface area is 226 Å². The molecule has 0 aliphatic rings. The van der Waals surface area contributed by atoms with Crippen LogP contribution >= 0.6 is 0 Å². The predicted octanol–water partition coefficient (Wildman–Crippen LogP) is 4.07. The fourth-order valence-electron chi connectivity index (χ4n) is 3.78. The molecule has 214 valence electrons. The molecule has 0 fully saturated rings. The minimum atomic E-state index is -1.19. The van der Waals surface area contributed by atoms with Crippen LogP contribution in [0, 0.1) is 5.92 Å². The molecule has 0 spiro atoms. The van der Waals surface area contributed by atoms with Crippen LogP contribution in [0.3, 0.4) is 0 Å². The molecule has 10 nitrogen and oxygen atoms in total. The third-order valence-corrected chi connectivity index (χ3v) is 5.91. The maximum Gasteiger partial charge on any atom is 0.408 e. The number of aromatic hydroxyl groups is 1. The molecule has 0 aromatic heterocycles. The molecule has 3 amide bonds. The van der Waals surface area contributed by atoms with E-state index in [1.165, 1.54) is 11.0 Å². The van der Waals surface area contributed by atoms with Crippen LogP contribution in [0.5, 0.6) is 5.75 Å². The molecule has 0 saturated heterocycles. The van der Waals surface area contributed by atoms with Gasteiger partial charge in [-0.05, 0) is 46.1 Å². The molecule has 3 atom stereocenters. The maximum atomic E-state index is 14.1. The summed E-state index contributed by atoms with van der Waals surface area (Å²) in [6.07, 6.45) is 1.15. The van der Waals surface area contributed by atoms with Crippen molar-refractivity contribution in [1.29, 1.82) is 0 Å². The van der Waals surface area contributed by atoms with Crippen molar-refractivity contribution in [2.45, 2.75) is 91.8 Å². The number of phenolic OH excluding ortho intramolecular Hbond substituents is 1. The van der Waals surface area contributed by atoms with Gasteiger partial charge in [-0.25, -0.2) is 4.79 Å². The van der Waals surface area contributed by atoms with Crippen LogP contribution in [-0.2, 0) is 23.9 Å². The van der Waals surface area contributed by atoms with E-state index in [-0.39, 0.29) is 43.3 Å². The lowest BCUT2D eigenvalue weighted by atomic mass is 9.95. The number of nitrogens with zero attached hydrogens (tertiary/aromatic N) is 1. The van der Waals surface area contributed by atoms with Crippen molar-refractivity contribution in [3.8, 4) is 5.75 Å². The number of unbranched alkanes of at least 4 members (excludes halogenated alkanes) is 1. The van der Waals surface area contributed by atoms with Gasteiger partial charge in [0.2, 0.25) is 11.8 Å². The van der Waals surface area contributed by atoms with Gasteiger partial charge < -0.3 is 30.1 Å². The van der Waals surface area contributed by atoms with E-state index < -0.39 is 41.6 Å². The largest absolute Gasteiger partial charge is 0.508 e. The highest BCUT2D eigenvalue weighted by Gasteiger charge is 2.38. The van der Waals surface area contributed by atoms with Gasteiger partial charge in [0.15, 0.2) is 0 Å². The van der Waals surface area contributed by atoms with Gasteiger partial charge in [-0.15, -0.1) is 0 Å². The smallest absolute Gasteiger partial charge is 0.408 e. The molecule has 0 aliphatic carbocycles. The Morgan fingerprint density at radius 1 is 1.08 bits per heavy atom. The third-order valence-electron chi connectivity index (χ3n) is 5.91. The topological polar surface area (TPSA) is 134 Å². The predicted molar refractivity (Wildman–Crippen MR) is 144 cm³/mol. The monoisotopic (exact) mass is 535 g/mol. The summed E-state index contributed by atoms with van der Waals surface area (Å²) in [5, 5.41) is 16.1. The van der Waals surface area contributed by atoms with Crippen LogP contribution in [0.1, 0.15) is 85.8 Å². The number of hydrogen-bond acceptors (Lipinski definition) is 7. The quantitative estimate of drug-likeness (QED) is 0.306. The van der Waals surface area contributed by atoms with E-state index in [0.717, 1.165) is 6.42 Å². The molecule has 0 radical (unpaired) electrons. The van der Waals surface area contributed by atoms with Crippen molar-refractivity contribution in [1.82, 2.24) is 15.5 Å². The third kappa shape index (κ3) is 10.6. The van der Waals surface area contributed by atoms with Crippen molar-refractivity contribution in [3.63, 3.8) is 0 Å². The number of ether oxygens (including phenoxy) is 2. The fraction of sp³-hybridized carbons (Fsp3) is 0.643. The number of para-hydroxylation sites is 1. The minimum absolute atomic E-state index is 0.00250. The van der Waals surface area contributed by atoms with E-state index in [1.807, 2.05) is 20.8 Å². The highest BCUT2D eigenvalue weighted by Crippen LogP contribution is 2.31. The summed E-state index contributed by atoms with van der Waals surface area (Å²) in [7, 11) is 0. The highest BCUT2D eigenvalue weighted by molar-refractivity contribution is 5.92. The Morgan fingerprint density at radius 2 is 1.74 bits per heavy atom. The Kier molecular flexibility index (Phi) is 13.6. The lowest BCUT2D eigenvalue weighted by Gasteiger charge is -2.36. The first-order valence-electron chi connectivity index (χ1n) is 13.4. The summed E-state index contributed by atoms with van der Waals surface area (Å²) in [6.45, 7) is 13.0. The summed E-state index contributed by atoms with van der Waals surface area (Å²) in [6, 6.07) is 4.16. The highest BCUT2D eigenvalue weighted by atomic mass is 16.6. The standard InChI is InChI=1S/C28H45N3O7/c1-8-11-18-31(26(35)23(19(4)9-2)30-27(36)38-28(5,6)7)24(20-14-12-13-15-21(20)32)25(34)29-17-16-22(33)37-10-3/h12-15,19,23-24,32H,8-11,16-18H2,1-7H3,(H,29,34)(H,30,36). The first kappa shape index (κ1) is 32.7. The number of hydrogen-bond donors (Lipinski definition) is 3. The Morgan fingerprint density at radius 3 is 2.29 bits per heavy atom. The Hall–Kier alpha value is -3.30. The van der Waals surface area contributed by atoms with Crippen molar-refractivity contribution < 1.29 is 33.8 Å². The summed E-state index contributed by atoms with van der Waals surface area (Å²) in [5.41, 5.74) is -0.516. The van der Waals surface area contributed by atoms with Crippen LogP contribution in [0.2, 0.25) is 0 Å². The Balaban J connectivity index is 3.43. The van der Waals surface area contributed by atoms with Crippen LogP contribution in [0.25, 0.3) is 0 Å². The molecule has 1 aromatic carbocycles. The molecule has 0 bridgehead atoms. The molecule has 0 aliphatic heterocycles. The number of rotatable bonds is 14. The molecule has 10 heteroatoms. The molecule has 38 heavy (non-hydrogen) atoms. The SMILES string of the molecule is CCCCN(C(=O)C(NC(=O)OC(C)(C)C)C(C)CC)C(C(=O)NCCC(=O)OCC)c1ccccc1O. The van der Waals surface area contributed by atoms with Gasteiger partial charge in [0.1, 0.15) is 23.4 Å². The van der Waals surface area contributed by atoms with E-state index in [0.29, 0.717) is 12.8 Å². The Bertz CT molecular complexity index is 929. The summed E-state index contributed by atoms with van der Waals surface area (Å²) >= 11 is 0. The number of amides is 3. The second-order valence-electron chi connectivity index (χ2n) is 10.2. The van der Waals surface area contributed by atoms with Crippen LogP contribution in [0.4, 0.5) is 4.79 Å². The first-order chi connectivity index (χ1) is 17.9. The van der Waals surface area contributed by atoms with Crippen molar-refractivity contribution in [2.24, 2.45) is 5.92 Å². The minimum Gasteiger partial charge on any atom is -0.508 e. The summed E-state index contributed by atoms with van der Waals surface area (Å²) in [5.74, 6) is -1.89. The van der Waals surface area contributed by atoms with E-state index in [9.17, 15) is 24.3 Å². The number of alkyl carbamates (subject to hydrolysis) is 1. The number of phenols is 1.